The molecule has 0 radical (unpaired) electrons. The van der Waals surface area contributed by atoms with E-state index in [1.54, 1.807) is 60.5 Å². The number of hydrogen-bond acceptors (Lipinski definition) is 4. The minimum atomic E-state index is -0.687. The van der Waals surface area contributed by atoms with Gasteiger partial charge in [-0.15, -0.1) is 0 Å². The van der Waals surface area contributed by atoms with Gasteiger partial charge >= 0.3 is 0 Å². The van der Waals surface area contributed by atoms with E-state index in [0.717, 1.165) is 6.42 Å². The Hall–Kier alpha value is -2.96. The molecule has 1 saturated heterocycles. The highest BCUT2D eigenvalue weighted by Gasteiger charge is 2.36. The minimum absolute atomic E-state index is 0.218. The molecule has 1 aliphatic heterocycles. The van der Waals surface area contributed by atoms with Crippen LogP contribution in [0.2, 0.25) is 0 Å². The van der Waals surface area contributed by atoms with Crippen LogP contribution in [0.3, 0.4) is 0 Å². The van der Waals surface area contributed by atoms with Gasteiger partial charge in [-0.25, -0.2) is 4.98 Å². The van der Waals surface area contributed by atoms with E-state index in [1.807, 2.05) is 0 Å². The monoisotopic (exact) mass is 354 g/mol. The lowest BCUT2D eigenvalue weighted by atomic mass is 10.1. The summed E-state index contributed by atoms with van der Waals surface area (Å²) in [6, 6.07) is 4.01. The van der Waals surface area contributed by atoms with Gasteiger partial charge in [0.2, 0.25) is 17.7 Å². The first-order valence-electron chi connectivity index (χ1n) is 8.74. The Morgan fingerprint density at radius 1 is 1.19 bits per heavy atom. The molecule has 2 atom stereocenters. The average molecular weight is 354 g/mol. The van der Waals surface area contributed by atoms with Crippen LogP contribution < -0.4 is 10.6 Å². The topological polar surface area (TPSA) is 91.4 Å². The molecule has 0 unspecified atom stereocenters. The third-order valence-electron chi connectivity index (χ3n) is 4.53. The number of aromatic nitrogens is 1. The number of likely N-dealkylation sites (tertiary alicyclic amines) is 1. The van der Waals surface area contributed by atoms with E-state index in [1.165, 1.54) is 0 Å². The molecule has 2 heterocycles. The summed E-state index contributed by atoms with van der Waals surface area (Å²) in [6.45, 7) is 2.15. The van der Waals surface area contributed by atoms with Gasteiger partial charge in [-0.2, -0.15) is 0 Å². The molecule has 3 amide bonds. The van der Waals surface area contributed by atoms with Gasteiger partial charge in [-0.05, 0) is 31.9 Å². The summed E-state index contributed by atoms with van der Waals surface area (Å²) in [7, 11) is 0. The highest BCUT2D eigenvalue weighted by atomic mass is 16.2. The Bertz CT molecular complexity index is 732. The van der Waals surface area contributed by atoms with Crippen LogP contribution >= 0.6 is 0 Å². The van der Waals surface area contributed by atoms with Gasteiger partial charge in [0.25, 0.3) is 0 Å². The molecule has 3 rings (SSSR count). The molecule has 0 bridgehead atoms. The molecule has 0 spiro atoms. The maximum absolute atomic E-state index is 12.7. The Morgan fingerprint density at radius 3 is 2.65 bits per heavy atom. The fraction of sp³-hybridized carbons (Fsp3) is 0.368. The van der Waals surface area contributed by atoms with Crippen LogP contribution in [0.1, 0.15) is 19.8 Å². The fourth-order valence-electron chi connectivity index (χ4n) is 3.18. The summed E-state index contributed by atoms with van der Waals surface area (Å²) in [6.07, 6.45) is 10.1. The number of carbonyl (C=O) groups is 3. The molecule has 1 aromatic rings. The van der Waals surface area contributed by atoms with E-state index in [0.29, 0.717) is 18.8 Å². The zero-order chi connectivity index (χ0) is 18.5. The Kier molecular flexibility index (Phi) is 5.46. The largest absolute Gasteiger partial charge is 0.344 e. The quantitative estimate of drug-likeness (QED) is 0.833. The zero-order valence-electron chi connectivity index (χ0n) is 14.6. The SMILES string of the molecule is C[C@@H](NC(=O)C1C=CC=C1)C(=O)N1CCC[C@H]1C(=O)Nc1ccccn1. The van der Waals surface area contributed by atoms with Crippen LogP contribution in [0.25, 0.3) is 0 Å². The van der Waals surface area contributed by atoms with Crippen molar-refractivity contribution >= 4 is 23.5 Å². The first-order chi connectivity index (χ1) is 12.6. The van der Waals surface area contributed by atoms with E-state index in [2.05, 4.69) is 15.6 Å². The Labute approximate surface area is 152 Å². The lowest BCUT2D eigenvalue weighted by Gasteiger charge is -2.27. The lowest BCUT2D eigenvalue weighted by molar-refractivity contribution is -0.139. The average Bonchev–Trinajstić information content (AvgIpc) is 3.33. The molecule has 136 valence electrons. The predicted molar refractivity (Wildman–Crippen MR) is 97.0 cm³/mol. The van der Waals surface area contributed by atoms with Crippen molar-refractivity contribution in [3.05, 3.63) is 48.7 Å². The van der Waals surface area contributed by atoms with E-state index in [9.17, 15) is 14.4 Å². The zero-order valence-corrected chi connectivity index (χ0v) is 14.6. The number of pyridine rings is 1. The Balaban J connectivity index is 1.60. The second kappa shape index (κ2) is 7.95. The molecule has 1 aromatic heterocycles. The number of carbonyl (C=O) groups excluding carboxylic acids is 3. The number of amides is 3. The third-order valence-corrected chi connectivity index (χ3v) is 4.53. The summed E-state index contributed by atoms with van der Waals surface area (Å²) < 4.78 is 0. The molecule has 7 nitrogen and oxygen atoms in total. The highest BCUT2D eigenvalue weighted by molar-refractivity contribution is 5.98. The summed E-state index contributed by atoms with van der Waals surface area (Å²) in [5, 5.41) is 5.47. The first kappa shape index (κ1) is 17.8. The number of nitrogens with one attached hydrogen (secondary N) is 2. The number of rotatable bonds is 5. The van der Waals surface area contributed by atoms with Crippen LogP contribution in [-0.4, -0.2) is 46.2 Å². The smallest absolute Gasteiger partial charge is 0.248 e. The van der Waals surface area contributed by atoms with Crippen LogP contribution in [0, 0.1) is 5.92 Å². The van der Waals surface area contributed by atoms with Crippen molar-refractivity contribution in [1.29, 1.82) is 0 Å². The second-order valence-corrected chi connectivity index (χ2v) is 6.42. The van der Waals surface area contributed by atoms with E-state index in [4.69, 9.17) is 0 Å². The summed E-state index contributed by atoms with van der Waals surface area (Å²) >= 11 is 0. The van der Waals surface area contributed by atoms with Gasteiger partial charge in [0.15, 0.2) is 0 Å². The van der Waals surface area contributed by atoms with E-state index < -0.39 is 12.1 Å². The minimum Gasteiger partial charge on any atom is -0.344 e. The maximum atomic E-state index is 12.7. The molecular weight excluding hydrogens is 332 g/mol. The summed E-state index contributed by atoms with van der Waals surface area (Å²) in [4.78, 5) is 43.1. The third kappa shape index (κ3) is 3.99. The van der Waals surface area contributed by atoms with Gasteiger partial charge in [0, 0.05) is 12.7 Å². The molecule has 2 N–H and O–H groups in total. The number of allylic oxidation sites excluding steroid dienone is 2. The molecule has 2 aliphatic rings. The lowest BCUT2D eigenvalue weighted by Crippen LogP contribution is -2.52. The van der Waals surface area contributed by atoms with Crippen LogP contribution in [-0.2, 0) is 14.4 Å². The second-order valence-electron chi connectivity index (χ2n) is 6.42. The van der Waals surface area contributed by atoms with Crippen LogP contribution in [0.15, 0.2) is 48.7 Å². The van der Waals surface area contributed by atoms with Gasteiger partial charge in [0.1, 0.15) is 17.9 Å². The molecule has 0 saturated carbocycles. The van der Waals surface area contributed by atoms with Gasteiger partial charge in [-0.1, -0.05) is 30.4 Å². The predicted octanol–water partition coefficient (Wildman–Crippen LogP) is 1.26. The molecule has 1 fully saturated rings. The van der Waals surface area contributed by atoms with Gasteiger partial charge < -0.3 is 15.5 Å². The number of anilines is 1. The van der Waals surface area contributed by atoms with Gasteiger partial charge in [-0.3, -0.25) is 14.4 Å². The number of nitrogens with zero attached hydrogens (tertiary/aromatic N) is 2. The molecule has 7 heteroatoms. The van der Waals surface area contributed by atoms with Gasteiger partial charge in [0.05, 0.1) is 5.92 Å². The highest BCUT2D eigenvalue weighted by Crippen LogP contribution is 2.20. The summed E-state index contributed by atoms with van der Waals surface area (Å²) in [5.41, 5.74) is 0. The van der Waals surface area contributed by atoms with Crippen molar-refractivity contribution in [3.63, 3.8) is 0 Å². The van der Waals surface area contributed by atoms with E-state index in [-0.39, 0.29) is 23.6 Å². The number of hydrogen-bond donors (Lipinski definition) is 2. The van der Waals surface area contributed by atoms with Crippen LogP contribution in [0.5, 0.6) is 0 Å². The standard InChI is InChI=1S/C19H22N4O3/c1-13(21-17(24)14-7-2-3-8-14)19(26)23-12-6-9-15(23)18(25)22-16-10-4-5-11-20-16/h2-5,7-8,10-11,13-15H,6,9,12H2,1H3,(H,21,24)(H,20,22,25)/t13-,15+/m1/s1. The fourth-order valence-corrected chi connectivity index (χ4v) is 3.18. The van der Waals surface area contributed by atoms with Crippen molar-refractivity contribution in [1.82, 2.24) is 15.2 Å². The molecule has 1 aliphatic carbocycles. The Morgan fingerprint density at radius 2 is 1.96 bits per heavy atom. The molecular formula is C19H22N4O3. The van der Waals surface area contributed by atoms with Crippen molar-refractivity contribution in [2.75, 3.05) is 11.9 Å². The van der Waals surface area contributed by atoms with Crippen molar-refractivity contribution in [2.45, 2.75) is 31.8 Å². The van der Waals surface area contributed by atoms with Crippen LogP contribution in [0.4, 0.5) is 5.82 Å². The normalized spacial score (nSPS) is 20.2. The molecule has 26 heavy (non-hydrogen) atoms. The van der Waals surface area contributed by atoms with Crippen molar-refractivity contribution in [2.24, 2.45) is 5.92 Å². The molecule has 0 aromatic carbocycles. The maximum Gasteiger partial charge on any atom is 0.248 e. The first-order valence-corrected chi connectivity index (χ1v) is 8.74. The van der Waals surface area contributed by atoms with Crippen molar-refractivity contribution in [3.8, 4) is 0 Å². The van der Waals surface area contributed by atoms with E-state index >= 15 is 0 Å². The van der Waals surface area contributed by atoms with Crippen molar-refractivity contribution < 1.29 is 14.4 Å². The summed E-state index contributed by atoms with van der Waals surface area (Å²) in [5.74, 6) is -0.604.